The second-order valence-electron chi connectivity index (χ2n) is 5.92. The molecule has 0 bridgehead atoms. The Morgan fingerprint density at radius 2 is 2.04 bits per heavy atom. The van der Waals surface area contributed by atoms with Crippen molar-refractivity contribution in [2.75, 3.05) is 31.2 Å². The van der Waals surface area contributed by atoms with Gasteiger partial charge in [0, 0.05) is 18.7 Å². The van der Waals surface area contributed by atoms with Crippen LogP contribution >= 0.6 is 0 Å². The SMILES string of the molecule is Cc1c(CS(=O)c2nc3ccccc3[nH]2)ncnc1N1CCOCC1. The minimum absolute atomic E-state index is 0.311. The molecule has 0 amide bonds. The Morgan fingerprint density at radius 3 is 2.84 bits per heavy atom. The molecule has 8 heteroatoms. The molecule has 1 fully saturated rings. The van der Waals surface area contributed by atoms with Crippen LogP contribution in [0.5, 0.6) is 0 Å². The number of imidazole rings is 1. The molecule has 3 heterocycles. The van der Waals surface area contributed by atoms with Crippen LogP contribution in [-0.4, -0.2) is 50.4 Å². The number of nitrogens with zero attached hydrogens (tertiary/aromatic N) is 4. The Bertz CT molecular complexity index is 887. The molecule has 7 nitrogen and oxygen atoms in total. The Hall–Kier alpha value is -2.32. The second kappa shape index (κ2) is 6.89. The van der Waals surface area contributed by atoms with Gasteiger partial charge in [0.1, 0.15) is 12.1 Å². The van der Waals surface area contributed by atoms with Crippen molar-refractivity contribution in [3.8, 4) is 0 Å². The number of anilines is 1. The molecule has 1 aliphatic heterocycles. The highest BCUT2D eigenvalue weighted by Gasteiger charge is 2.19. The summed E-state index contributed by atoms with van der Waals surface area (Å²) in [5.74, 6) is 1.21. The van der Waals surface area contributed by atoms with Gasteiger partial charge in [-0.05, 0) is 19.1 Å². The van der Waals surface area contributed by atoms with Gasteiger partial charge < -0.3 is 14.6 Å². The molecule has 1 N–H and O–H groups in total. The van der Waals surface area contributed by atoms with E-state index in [1.807, 2.05) is 31.2 Å². The van der Waals surface area contributed by atoms with Crippen LogP contribution in [0.2, 0.25) is 0 Å². The van der Waals surface area contributed by atoms with E-state index in [0.717, 1.165) is 41.2 Å². The fraction of sp³-hybridized carbons (Fsp3) is 0.353. The number of aromatic amines is 1. The van der Waals surface area contributed by atoms with E-state index < -0.39 is 10.8 Å². The maximum Gasteiger partial charge on any atom is 0.197 e. The maximum absolute atomic E-state index is 12.7. The number of aromatic nitrogens is 4. The quantitative estimate of drug-likeness (QED) is 0.767. The van der Waals surface area contributed by atoms with Gasteiger partial charge >= 0.3 is 0 Å². The first-order valence-electron chi connectivity index (χ1n) is 8.18. The number of benzene rings is 1. The van der Waals surface area contributed by atoms with Gasteiger partial charge in [-0.15, -0.1) is 0 Å². The zero-order valence-electron chi connectivity index (χ0n) is 13.9. The molecule has 3 aromatic rings. The van der Waals surface area contributed by atoms with Crippen LogP contribution in [-0.2, 0) is 21.3 Å². The Labute approximate surface area is 147 Å². The average Bonchev–Trinajstić information content (AvgIpc) is 3.08. The van der Waals surface area contributed by atoms with Gasteiger partial charge in [0.25, 0.3) is 0 Å². The van der Waals surface area contributed by atoms with Crippen molar-refractivity contribution in [2.45, 2.75) is 17.8 Å². The third-order valence-electron chi connectivity index (χ3n) is 4.32. The number of para-hydroxylation sites is 2. The third-order valence-corrected chi connectivity index (χ3v) is 5.48. The zero-order valence-corrected chi connectivity index (χ0v) is 14.8. The molecule has 2 aromatic heterocycles. The summed E-state index contributed by atoms with van der Waals surface area (Å²) in [6.45, 7) is 5.00. The van der Waals surface area contributed by atoms with Crippen LogP contribution in [0.4, 0.5) is 5.82 Å². The van der Waals surface area contributed by atoms with Crippen LogP contribution < -0.4 is 4.90 Å². The van der Waals surface area contributed by atoms with Crippen LogP contribution in [0.3, 0.4) is 0 Å². The monoisotopic (exact) mass is 357 g/mol. The highest BCUT2D eigenvalue weighted by molar-refractivity contribution is 7.84. The minimum atomic E-state index is -1.29. The van der Waals surface area contributed by atoms with Gasteiger partial charge in [-0.25, -0.2) is 15.0 Å². The molecule has 1 unspecified atom stereocenters. The summed E-state index contributed by atoms with van der Waals surface area (Å²) in [6, 6.07) is 7.67. The van der Waals surface area contributed by atoms with Gasteiger partial charge in [-0.2, -0.15) is 0 Å². The predicted molar refractivity (Wildman–Crippen MR) is 96.0 cm³/mol. The van der Waals surface area contributed by atoms with Crippen molar-refractivity contribution in [1.82, 2.24) is 19.9 Å². The highest BCUT2D eigenvalue weighted by Crippen LogP contribution is 2.22. The molecule has 1 saturated heterocycles. The number of H-pyrrole nitrogens is 1. The first kappa shape index (κ1) is 16.2. The molecule has 4 rings (SSSR count). The van der Waals surface area contributed by atoms with E-state index in [2.05, 4.69) is 24.8 Å². The van der Waals surface area contributed by atoms with Crippen molar-refractivity contribution >= 4 is 27.7 Å². The van der Waals surface area contributed by atoms with E-state index in [9.17, 15) is 4.21 Å². The zero-order chi connectivity index (χ0) is 17.2. The van der Waals surface area contributed by atoms with Gasteiger partial charge in [0.2, 0.25) is 0 Å². The van der Waals surface area contributed by atoms with Gasteiger partial charge in [-0.1, -0.05) is 12.1 Å². The van der Waals surface area contributed by atoms with Crippen LogP contribution in [0.25, 0.3) is 11.0 Å². The maximum atomic E-state index is 12.7. The molecule has 1 aromatic carbocycles. The molecule has 0 radical (unpaired) electrons. The Balaban J connectivity index is 1.58. The second-order valence-corrected chi connectivity index (χ2v) is 7.28. The lowest BCUT2D eigenvalue weighted by atomic mass is 10.2. The minimum Gasteiger partial charge on any atom is -0.378 e. The topological polar surface area (TPSA) is 84.0 Å². The summed E-state index contributed by atoms with van der Waals surface area (Å²) < 4.78 is 18.1. The lowest BCUT2D eigenvalue weighted by Gasteiger charge is -2.29. The lowest BCUT2D eigenvalue weighted by molar-refractivity contribution is 0.122. The van der Waals surface area contributed by atoms with E-state index in [-0.39, 0.29) is 0 Å². The lowest BCUT2D eigenvalue weighted by Crippen LogP contribution is -2.37. The van der Waals surface area contributed by atoms with Crippen molar-refractivity contribution in [2.24, 2.45) is 0 Å². The predicted octanol–water partition coefficient (Wildman–Crippen LogP) is 1.81. The number of rotatable bonds is 4. The average molecular weight is 357 g/mol. The number of nitrogens with one attached hydrogen (secondary N) is 1. The summed E-state index contributed by atoms with van der Waals surface area (Å²) in [7, 11) is -1.29. The molecular weight excluding hydrogens is 338 g/mol. The number of hydrogen-bond donors (Lipinski definition) is 1. The molecule has 1 aliphatic rings. The number of fused-ring (bicyclic) bond motifs is 1. The number of hydrogen-bond acceptors (Lipinski definition) is 6. The first-order chi connectivity index (χ1) is 12.2. The fourth-order valence-electron chi connectivity index (χ4n) is 2.95. The van der Waals surface area contributed by atoms with Gasteiger partial charge in [0.05, 0.1) is 46.5 Å². The molecule has 25 heavy (non-hydrogen) atoms. The summed E-state index contributed by atoms with van der Waals surface area (Å²) in [6.07, 6.45) is 1.54. The van der Waals surface area contributed by atoms with Gasteiger partial charge in [-0.3, -0.25) is 4.21 Å². The highest BCUT2D eigenvalue weighted by atomic mass is 32.2. The van der Waals surface area contributed by atoms with Crippen molar-refractivity contribution in [3.05, 3.63) is 41.9 Å². The van der Waals surface area contributed by atoms with E-state index in [1.165, 1.54) is 0 Å². The van der Waals surface area contributed by atoms with Crippen LogP contribution in [0.15, 0.2) is 35.7 Å². The summed E-state index contributed by atoms with van der Waals surface area (Å²) >= 11 is 0. The Morgan fingerprint density at radius 1 is 1.24 bits per heavy atom. The van der Waals surface area contributed by atoms with Crippen molar-refractivity contribution < 1.29 is 8.95 Å². The summed E-state index contributed by atoms with van der Waals surface area (Å²) in [5, 5.41) is 0.479. The fourth-order valence-corrected chi connectivity index (χ4v) is 4.05. The normalized spacial score (nSPS) is 16.3. The number of ether oxygens (including phenoxy) is 1. The van der Waals surface area contributed by atoms with E-state index in [4.69, 9.17) is 4.74 Å². The molecule has 130 valence electrons. The van der Waals surface area contributed by atoms with E-state index >= 15 is 0 Å². The molecule has 0 aliphatic carbocycles. The largest absolute Gasteiger partial charge is 0.378 e. The molecular formula is C17H19N5O2S. The van der Waals surface area contributed by atoms with Crippen molar-refractivity contribution in [1.29, 1.82) is 0 Å². The summed E-state index contributed by atoms with van der Waals surface area (Å²) in [5.41, 5.74) is 3.46. The van der Waals surface area contributed by atoms with Crippen molar-refractivity contribution in [3.63, 3.8) is 0 Å². The summed E-state index contributed by atoms with van der Waals surface area (Å²) in [4.78, 5) is 18.5. The van der Waals surface area contributed by atoms with E-state index in [0.29, 0.717) is 24.1 Å². The van der Waals surface area contributed by atoms with Crippen LogP contribution in [0, 0.1) is 6.92 Å². The third kappa shape index (κ3) is 3.27. The smallest absolute Gasteiger partial charge is 0.197 e. The molecule has 0 saturated carbocycles. The molecule has 0 spiro atoms. The standard InChI is InChI=1S/C17H19N5O2S/c1-12-15(18-11-19-16(12)22-6-8-24-9-7-22)10-25(23)17-20-13-4-2-3-5-14(13)21-17/h2-5,11H,6-10H2,1H3,(H,20,21). The van der Waals surface area contributed by atoms with Gasteiger partial charge in [0.15, 0.2) is 5.16 Å². The number of morpholine rings is 1. The van der Waals surface area contributed by atoms with Crippen LogP contribution in [0.1, 0.15) is 11.3 Å². The first-order valence-corrected chi connectivity index (χ1v) is 9.50. The Kier molecular flexibility index (Phi) is 4.46. The molecule has 1 atom stereocenters. The van der Waals surface area contributed by atoms with E-state index in [1.54, 1.807) is 6.33 Å².